The molecule has 3 aliphatic rings. The summed E-state index contributed by atoms with van der Waals surface area (Å²) >= 11 is 5.48. The fraction of sp³-hybridized carbons (Fsp3) is 0.929. The Morgan fingerprint density at radius 1 is 0.889 bits per heavy atom. The van der Waals surface area contributed by atoms with Crippen molar-refractivity contribution in [2.75, 3.05) is 13.1 Å². The van der Waals surface area contributed by atoms with Crippen molar-refractivity contribution in [3.05, 3.63) is 0 Å². The van der Waals surface area contributed by atoms with E-state index < -0.39 is 0 Å². The Morgan fingerprint density at radius 2 is 1.67 bits per heavy atom. The molecule has 2 aliphatic heterocycles. The second-order valence-electron chi connectivity index (χ2n) is 6.09. The zero-order valence-corrected chi connectivity index (χ0v) is 12.0. The van der Waals surface area contributed by atoms with Gasteiger partial charge in [0.2, 0.25) is 0 Å². The van der Waals surface area contributed by atoms with Crippen molar-refractivity contribution in [1.29, 1.82) is 0 Å². The van der Waals surface area contributed by atoms with Gasteiger partial charge in [0.1, 0.15) is 0 Å². The number of nitrogens with zero attached hydrogens (tertiary/aromatic N) is 1. The lowest BCUT2D eigenvalue weighted by Gasteiger charge is -2.33. The number of piperidine rings is 1. The van der Waals surface area contributed by atoms with Crippen molar-refractivity contribution in [1.82, 2.24) is 15.5 Å². The van der Waals surface area contributed by atoms with Crippen LogP contribution in [0.2, 0.25) is 0 Å². The van der Waals surface area contributed by atoms with Crippen LogP contribution in [-0.4, -0.2) is 41.2 Å². The number of hydrogen-bond acceptors (Lipinski definition) is 2. The third-order valence-corrected chi connectivity index (χ3v) is 5.10. The molecule has 3 rings (SSSR count). The Balaban J connectivity index is 1.48. The number of fused-ring (bicyclic) bond motifs is 1. The molecule has 2 heterocycles. The van der Waals surface area contributed by atoms with Crippen molar-refractivity contribution in [3.8, 4) is 0 Å². The van der Waals surface area contributed by atoms with E-state index in [-0.39, 0.29) is 0 Å². The molecule has 102 valence electrons. The predicted octanol–water partition coefficient (Wildman–Crippen LogP) is 2.02. The lowest BCUT2D eigenvalue weighted by atomic mass is 9.99. The number of nitrogens with one attached hydrogen (secondary N) is 2. The molecule has 3 nitrogen and oxygen atoms in total. The summed E-state index contributed by atoms with van der Waals surface area (Å²) < 4.78 is 0. The van der Waals surface area contributed by atoms with Gasteiger partial charge in [-0.3, -0.25) is 4.90 Å². The molecule has 0 aromatic carbocycles. The van der Waals surface area contributed by atoms with Gasteiger partial charge in [-0.15, -0.1) is 0 Å². The van der Waals surface area contributed by atoms with Gasteiger partial charge >= 0.3 is 0 Å². The van der Waals surface area contributed by atoms with Gasteiger partial charge in [-0.2, -0.15) is 0 Å². The normalized spacial score (nSPS) is 33.3. The SMILES string of the molecule is S=C(NC1CCCC1)NC1CCN2CCCCC12. The molecule has 2 N–H and O–H groups in total. The summed E-state index contributed by atoms with van der Waals surface area (Å²) in [5, 5.41) is 7.99. The van der Waals surface area contributed by atoms with Gasteiger partial charge in [0.05, 0.1) is 0 Å². The maximum absolute atomic E-state index is 5.48. The molecule has 0 amide bonds. The third kappa shape index (κ3) is 2.80. The minimum atomic E-state index is 0.590. The number of rotatable bonds is 2. The highest BCUT2D eigenvalue weighted by Gasteiger charge is 2.35. The summed E-state index contributed by atoms with van der Waals surface area (Å²) in [5.41, 5.74) is 0. The van der Waals surface area contributed by atoms with E-state index in [1.165, 1.54) is 64.5 Å². The minimum absolute atomic E-state index is 0.590. The zero-order chi connectivity index (χ0) is 12.4. The van der Waals surface area contributed by atoms with Gasteiger partial charge < -0.3 is 10.6 Å². The summed E-state index contributed by atoms with van der Waals surface area (Å²) in [4.78, 5) is 2.65. The smallest absolute Gasteiger partial charge is 0.166 e. The molecule has 3 fully saturated rings. The molecule has 0 spiro atoms. The van der Waals surface area contributed by atoms with E-state index in [1.54, 1.807) is 0 Å². The average Bonchev–Trinajstić information content (AvgIpc) is 3.00. The lowest BCUT2D eigenvalue weighted by Crippen LogP contribution is -2.51. The first-order chi connectivity index (χ1) is 8.83. The summed E-state index contributed by atoms with van der Waals surface area (Å²) in [7, 11) is 0. The molecular weight excluding hydrogens is 242 g/mol. The summed E-state index contributed by atoms with van der Waals surface area (Å²) in [6, 6.07) is 1.96. The molecule has 2 atom stereocenters. The maximum Gasteiger partial charge on any atom is 0.166 e. The highest BCUT2D eigenvalue weighted by atomic mass is 32.1. The van der Waals surface area contributed by atoms with E-state index in [0.29, 0.717) is 12.1 Å². The van der Waals surface area contributed by atoms with Crippen LogP contribution >= 0.6 is 12.2 Å². The molecule has 1 saturated carbocycles. The second kappa shape index (κ2) is 5.74. The predicted molar refractivity (Wildman–Crippen MR) is 78.7 cm³/mol. The number of thiocarbonyl (C=S) groups is 1. The van der Waals surface area contributed by atoms with Crippen molar-refractivity contribution in [3.63, 3.8) is 0 Å². The van der Waals surface area contributed by atoms with Crippen LogP contribution in [0.4, 0.5) is 0 Å². The Labute approximate surface area is 116 Å². The van der Waals surface area contributed by atoms with E-state index in [0.717, 1.165) is 11.2 Å². The molecule has 18 heavy (non-hydrogen) atoms. The molecule has 4 heteroatoms. The molecular formula is C14H25N3S. The Kier molecular flexibility index (Phi) is 4.04. The lowest BCUT2D eigenvalue weighted by molar-refractivity contribution is 0.185. The fourth-order valence-corrected chi connectivity index (χ4v) is 4.20. The highest BCUT2D eigenvalue weighted by Crippen LogP contribution is 2.27. The van der Waals surface area contributed by atoms with Crippen molar-refractivity contribution in [2.45, 2.75) is 69.5 Å². The van der Waals surface area contributed by atoms with Crippen molar-refractivity contribution < 1.29 is 0 Å². The molecule has 0 radical (unpaired) electrons. The van der Waals surface area contributed by atoms with Crippen molar-refractivity contribution >= 4 is 17.3 Å². The molecule has 0 bridgehead atoms. The standard InChI is InChI=1S/C14H25N3S/c18-14(15-11-5-1-2-6-11)16-12-8-10-17-9-4-3-7-13(12)17/h11-13H,1-10H2,(H2,15,16,18). The van der Waals surface area contributed by atoms with Crippen molar-refractivity contribution in [2.24, 2.45) is 0 Å². The molecule has 0 aromatic rings. The molecule has 1 aliphatic carbocycles. The third-order valence-electron chi connectivity index (χ3n) is 4.86. The van der Waals surface area contributed by atoms with Gasteiger partial charge in [0.15, 0.2) is 5.11 Å². The van der Waals surface area contributed by atoms with E-state index in [9.17, 15) is 0 Å². The highest BCUT2D eigenvalue weighted by molar-refractivity contribution is 7.80. The van der Waals surface area contributed by atoms with Crippen LogP contribution in [-0.2, 0) is 0 Å². The first-order valence-electron chi connectivity index (χ1n) is 7.64. The molecule has 2 unspecified atom stereocenters. The topological polar surface area (TPSA) is 27.3 Å². The molecule has 0 aromatic heterocycles. The maximum atomic E-state index is 5.48. The molecule has 2 saturated heterocycles. The minimum Gasteiger partial charge on any atom is -0.360 e. The van der Waals surface area contributed by atoms with Gasteiger partial charge in [0.25, 0.3) is 0 Å². The van der Waals surface area contributed by atoms with Gasteiger partial charge in [-0.1, -0.05) is 19.3 Å². The van der Waals surface area contributed by atoms with E-state index in [2.05, 4.69) is 15.5 Å². The van der Waals surface area contributed by atoms with Crippen LogP contribution in [0.3, 0.4) is 0 Å². The monoisotopic (exact) mass is 267 g/mol. The zero-order valence-electron chi connectivity index (χ0n) is 11.2. The van der Waals surface area contributed by atoms with Crippen LogP contribution in [0, 0.1) is 0 Å². The van der Waals surface area contributed by atoms with E-state index in [1.807, 2.05) is 0 Å². The fourth-order valence-electron chi connectivity index (χ4n) is 3.88. The van der Waals surface area contributed by atoms with Crippen LogP contribution in [0.1, 0.15) is 51.4 Å². The van der Waals surface area contributed by atoms with Crippen LogP contribution < -0.4 is 10.6 Å². The van der Waals surface area contributed by atoms with Crippen LogP contribution in [0.25, 0.3) is 0 Å². The summed E-state index contributed by atoms with van der Waals surface area (Å²) in [6.45, 7) is 2.56. The Morgan fingerprint density at radius 3 is 2.50 bits per heavy atom. The Hall–Kier alpha value is -0.350. The first-order valence-corrected chi connectivity index (χ1v) is 8.05. The number of hydrogen-bond donors (Lipinski definition) is 2. The second-order valence-corrected chi connectivity index (χ2v) is 6.50. The van der Waals surface area contributed by atoms with E-state index in [4.69, 9.17) is 12.2 Å². The van der Waals surface area contributed by atoms with E-state index >= 15 is 0 Å². The van der Waals surface area contributed by atoms with Crippen LogP contribution in [0.15, 0.2) is 0 Å². The van der Waals surface area contributed by atoms with Crippen LogP contribution in [0.5, 0.6) is 0 Å². The summed E-state index contributed by atoms with van der Waals surface area (Å²) in [5.74, 6) is 0. The first kappa shape index (κ1) is 12.7. The average molecular weight is 267 g/mol. The quantitative estimate of drug-likeness (QED) is 0.749. The summed E-state index contributed by atoms with van der Waals surface area (Å²) in [6.07, 6.45) is 10.7. The Bertz CT molecular complexity index is 301. The van der Waals surface area contributed by atoms with Gasteiger partial charge in [-0.05, 0) is 50.9 Å². The largest absolute Gasteiger partial charge is 0.360 e. The van der Waals surface area contributed by atoms with Gasteiger partial charge in [-0.25, -0.2) is 0 Å². The van der Waals surface area contributed by atoms with Gasteiger partial charge in [0, 0.05) is 24.7 Å².